The van der Waals surface area contributed by atoms with Gasteiger partial charge in [-0.25, -0.2) is 4.98 Å². The van der Waals surface area contributed by atoms with Gasteiger partial charge in [0.25, 0.3) is 11.2 Å². The molecule has 2 N–H and O–H groups in total. The van der Waals surface area contributed by atoms with Crippen molar-refractivity contribution in [1.29, 1.82) is 0 Å². The van der Waals surface area contributed by atoms with E-state index in [9.17, 15) is 19.7 Å². The number of nitro groups is 1. The molecule has 0 aliphatic carbocycles. The highest BCUT2D eigenvalue weighted by atomic mass is 32.2. The Kier molecular flexibility index (Phi) is 5.03. The van der Waals surface area contributed by atoms with Gasteiger partial charge in [-0.15, -0.1) is 11.3 Å². The fourth-order valence-electron chi connectivity index (χ4n) is 2.96. The summed E-state index contributed by atoms with van der Waals surface area (Å²) < 4.78 is 2.66. The number of thioether (sulfide) groups is 1. The summed E-state index contributed by atoms with van der Waals surface area (Å²) >= 11 is 2.32. The van der Waals surface area contributed by atoms with Gasteiger partial charge in [0.05, 0.1) is 22.7 Å². The Morgan fingerprint density at radius 1 is 1.24 bits per heavy atom. The molecule has 0 atom stereocenters. The second-order valence-corrected chi connectivity index (χ2v) is 8.24. The average Bonchev–Trinajstić information content (AvgIpc) is 3.07. The normalized spacial score (nSPS) is 11.2. The molecule has 10 heteroatoms. The Morgan fingerprint density at radius 3 is 2.69 bits per heavy atom. The highest BCUT2D eigenvalue weighted by Crippen LogP contribution is 2.34. The first-order chi connectivity index (χ1) is 13.9. The molecule has 0 aliphatic heterocycles. The second kappa shape index (κ2) is 7.64. The predicted molar refractivity (Wildman–Crippen MR) is 114 cm³/mol. The number of nitrogens with two attached hydrogens (primary N) is 1. The largest absolute Gasteiger partial charge is 0.369 e. The van der Waals surface area contributed by atoms with Gasteiger partial charge in [-0.1, -0.05) is 42.1 Å². The molecule has 0 spiro atoms. The van der Waals surface area contributed by atoms with E-state index in [0.29, 0.717) is 20.8 Å². The SMILES string of the molecule is NC(=O)CSc1nc2c(sc3ccc([N+](=O)[O-])cc32)c(=O)n1Cc1ccccc1. The molecule has 2 aromatic heterocycles. The number of amides is 1. The van der Waals surface area contributed by atoms with Crippen molar-refractivity contribution in [2.24, 2.45) is 5.73 Å². The van der Waals surface area contributed by atoms with Gasteiger partial charge in [-0.3, -0.25) is 24.3 Å². The number of primary amides is 1. The van der Waals surface area contributed by atoms with Gasteiger partial charge in [-0.05, 0) is 11.6 Å². The van der Waals surface area contributed by atoms with E-state index < -0.39 is 10.8 Å². The predicted octanol–water partition coefficient (Wildman–Crippen LogP) is 3.15. The zero-order chi connectivity index (χ0) is 20.5. The van der Waals surface area contributed by atoms with Crippen molar-refractivity contribution < 1.29 is 9.72 Å². The van der Waals surface area contributed by atoms with Gasteiger partial charge in [0.15, 0.2) is 5.16 Å². The first kappa shape index (κ1) is 19.1. The van der Waals surface area contributed by atoms with Crippen LogP contribution in [0.4, 0.5) is 5.69 Å². The Labute approximate surface area is 172 Å². The fourth-order valence-corrected chi connectivity index (χ4v) is 4.76. The molecular weight excluding hydrogens is 412 g/mol. The van der Waals surface area contributed by atoms with Crippen molar-refractivity contribution in [2.75, 3.05) is 5.75 Å². The Balaban J connectivity index is 1.95. The van der Waals surface area contributed by atoms with Crippen LogP contribution in [-0.4, -0.2) is 26.1 Å². The number of hydrogen-bond acceptors (Lipinski definition) is 7. The van der Waals surface area contributed by atoms with Crippen molar-refractivity contribution in [1.82, 2.24) is 9.55 Å². The zero-order valence-corrected chi connectivity index (χ0v) is 16.5. The molecule has 4 rings (SSSR count). The fraction of sp³-hybridized carbons (Fsp3) is 0.105. The van der Waals surface area contributed by atoms with E-state index in [4.69, 9.17) is 5.73 Å². The zero-order valence-electron chi connectivity index (χ0n) is 14.9. The third-order valence-electron chi connectivity index (χ3n) is 4.26. The van der Waals surface area contributed by atoms with Crippen molar-refractivity contribution in [2.45, 2.75) is 11.7 Å². The molecular formula is C19H14N4O4S2. The highest BCUT2D eigenvalue weighted by molar-refractivity contribution is 7.99. The summed E-state index contributed by atoms with van der Waals surface area (Å²) in [5.74, 6) is -0.559. The van der Waals surface area contributed by atoms with Crippen LogP contribution in [0.15, 0.2) is 58.5 Å². The van der Waals surface area contributed by atoms with Crippen LogP contribution in [0.2, 0.25) is 0 Å². The van der Waals surface area contributed by atoms with E-state index in [1.165, 1.54) is 28.0 Å². The first-order valence-corrected chi connectivity index (χ1v) is 10.3. The number of aromatic nitrogens is 2. The van der Waals surface area contributed by atoms with Gasteiger partial charge in [0.1, 0.15) is 4.70 Å². The lowest BCUT2D eigenvalue weighted by atomic mass is 10.2. The Morgan fingerprint density at radius 2 is 2.00 bits per heavy atom. The number of nitro benzene ring substituents is 1. The van der Waals surface area contributed by atoms with E-state index in [1.807, 2.05) is 30.3 Å². The minimum atomic E-state index is -0.526. The van der Waals surface area contributed by atoms with Crippen LogP contribution in [0.1, 0.15) is 5.56 Å². The highest BCUT2D eigenvalue weighted by Gasteiger charge is 2.19. The van der Waals surface area contributed by atoms with Crippen LogP contribution < -0.4 is 11.3 Å². The van der Waals surface area contributed by atoms with E-state index in [1.54, 1.807) is 6.07 Å². The molecule has 2 aromatic carbocycles. The lowest BCUT2D eigenvalue weighted by Gasteiger charge is -2.11. The number of non-ortho nitro benzene ring substituents is 1. The van der Waals surface area contributed by atoms with Gasteiger partial charge < -0.3 is 5.73 Å². The molecule has 29 heavy (non-hydrogen) atoms. The number of thiophene rings is 1. The summed E-state index contributed by atoms with van der Waals surface area (Å²) in [4.78, 5) is 39.8. The number of benzene rings is 2. The van der Waals surface area contributed by atoms with E-state index >= 15 is 0 Å². The maximum Gasteiger partial charge on any atom is 0.272 e. The van der Waals surface area contributed by atoms with Crippen LogP contribution in [-0.2, 0) is 11.3 Å². The lowest BCUT2D eigenvalue weighted by molar-refractivity contribution is -0.384. The van der Waals surface area contributed by atoms with Crippen LogP contribution in [0.5, 0.6) is 0 Å². The number of carbonyl (C=O) groups is 1. The number of carbonyl (C=O) groups excluding carboxylic acids is 1. The molecule has 8 nitrogen and oxygen atoms in total. The molecule has 4 aromatic rings. The first-order valence-electron chi connectivity index (χ1n) is 8.50. The minimum absolute atomic E-state index is 0.0328. The van der Waals surface area contributed by atoms with E-state index in [2.05, 4.69) is 4.98 Å². The van der Waals surface area contributed by atoms with Crippen LogP contribution in [0.3, 0.4) is 0 Å². The topological polar surface area (TPSA) is 121 Å². The molecule has 0 radical (unpaired) electrons. The van der Waals surface area contributed by atoms with E-state index in [0.717, 1.165) is 22.0 Å². The summed E-state index contributed by atoms with van der Waals surface area (Å²) in [6.45, 7) is 0.290. The Bertz CT molecular complexity index is 1310. The summed E-state index contributed by atoms with van der Waals surface area (Å²) in [5.41, 5.74) is 6.25. The number of fused-ring (bicyclic) bond motifs is 3. The maximum absolute atomic E-state index is 13.3. The number of nitrogens with zero attached hydrogens (tertiary/aromatic N) is 3. The van der Waals surface area contributed by atoms with E-state index in [-0.39, 0.29) is 23.5 Å². The average molecular weight is 426 g/mol. The smallest absolute Gasteiger partial charge is 0.272 e. The molecule has 2 heterocycles. The maximum atomic E-state index is 13.3. The van der Waals surface area contributed by atoms with Crippen LogP contribution in [0, 0.1) is 10.1 Å². The van der Waals surface area contributed by atoms with Crippen molar-refractivity contribution in [3.63, 3.8) is 0 Å². The minimum Gasteiger partial charge on any atom is -0.369 e. The lowest BCUT2D eigenvalue weighted by Crippen LogP contribution is -2.24. The number of rotatable bonds is 6. The van der Waals surface area contributed by atoms with Gasteiger partial charge >= 0.3 is 0 Å². The standard InChI is InChI=1S/C19H14N4O4S2/c20-15(24)10-28-19-21-16-13-8-12(23(26)27)6-7-14(13)29-17(16)18(25)22(19)9-11-4-2-1-3-5-11/h1-8H,9-10H2,(H2,20,24). The molecule has 0 fully saturated rings. The van der Waals surface area contributed by atoms with Crippen LogP contribution >= 0.6 is 23.1 Å². The summed E-state index contributed by atoms with van der Waals surface area (Å²) in [5, 5.41) is 12.0. The molecule has 0 bridgehead atoms. The summed E-state index contributed by atoms with van der Waals surface area (Å²) in [6, 6.07) is 13.9. The van der Waals surface area contributed by atoms with Crippen LogP contribution in [0.25, 0.3) is 20.3 Å². The van der Waals surface area contributed by atoms with Gasteiger partial charge in [0.2, 0.25) is 5.91 Å². The van der Waals surface area contributed by atoms with Gasteiger partial charge in [-0.2, -0.15) is 0 Å². The molecule has 0 saturated carbocycles. The molecule has 0 aliphatic rings. The summed E-state index contributed by atoms with van der Waals surface area (Å²) in [6.07, 6.45) is 0. The molecule has 0 unspecified atom stereocenters. The number of hydrogen-bond donors (Lipinski definition) is 1. The monoisotopic (exact) mass is 426 g/mol. The van der Waals surface area contributed by atoms with Crippen molar-refractivity contribution in [3.05, 3.63) is 74.6 Å². The van der Waals surface area contributed by atoms with Crippen molar-refractivity contribution >= 4 is 55.0 Å². The quantitative estimate of drug-likeness (QED) is 0.219. The Hall–Kier alpha value is -3.24. The molecule has 146 valence electrons. The molecule has 0 saturated heterocycles. The third-order valence-corrected chi connectivity index (χ3v) is 6.41. The summed E-state index contributed by atoms with van der Waals surface area (Å²) in [7, 11) is 0. The second-order valence-electron chi connectivity index (χ2n) is 6.24. The third kappa shape index (κ3) is 3.71. The van der Waals surface area contributed by atoms with Crippen molar-refractivity contribution in [3.8, 4) is 0 Å². The van der Waals surface area contributed by atoms with Gasteiger partial charge in [0, 0.05) is 22.2 Å². The molecule has 1 amide bonds.